The van der Waals surface area contributed by atoms with Crippen LogP contribution in [0.3, 0.4) is 0 Å². The van der Waals surface area contributed by atoms with E-state index in [1.807, 2.05) is 18.2 Å². The lowest BCUT2D eigenvalue weighted by Crippen LogP contribution is -2.20. The summed E-state index contributed by atoms with van der Waals surface area (Å²) >= 11 is 0. The fraction of sp³-hybridized carbons (Fsp3) is 0.312. The van der Waals surface area contributed by atoms with Crippen molar-refractivity contribution in [2.75, 3.05) is 13.8 Å². The van der Waals surface area contributed by atoms with E-state index in [1.165, 1.54) is 7.11 Å². The second kappa shape index (κ2) is 8.24. The van der Waals surface area contributed by atoms with Gasteiger partial charge in [-0.25, -0.2) is 0 Å². The first kappa shape index (κ1) is 16.9. The highest BCUT2D eigenvalue weighted by molar-refractivity contribution is 5.62. The maximum atomic E-state index is 13.0. The lowest BCUT2D eigenvalue weighted by Gasteiger charge is -2.20. The molecule has 2 rings (SSSR count). The summed E-state index contributed by atoms with van der Waals surface area (Å²) in [7, 11) is 1.45. The molecule has 0 bridgehead atoms. The van der Waals surface area contributed by atoms with Gasteiger partial charge in [-0.2, -0.15) is 0 Å². The number of nitrogens with zero attached hydrogens (tertiary/aromatic N) is 4. The Balaban J connectivity index is 2.24. The molecule has 2 atom stereocenters. The molecule has 0 saturated carbocycles. The van der Waals surface area contributed by atoms with Crippen LogP contribution in [0, 0.1) is 0 Å². The summed E-state index contributed by atoms with van der Waals surface area (Å²) < 4.78 is 18.3. The van der Waals surface area contributed by atoms with Crippen LogP contribution in [0.25, 0.3) is 21.6 Å². The predicted molar refractivity (Wildman–Crippen MR) is 84.3 cm³/mol. The lowest BCUT2D eigenvalue weighted by molar-refractivity contribution is 0.0722. The molecule has 23 heavy (non-hydrogen) atoms. The van der Waals surface area contributed by atoms with Crippen molar-refractivity contribution in [2.45, 2.75) is 18.8 Å². The van der Waals surface area contributed by atoms with E-state index in [0.29, 0.717) is 5.69 Å². The van der Waals surface area contributed by atoms with Gasteiger partial charge in [0.15, 0.2) is 0 Å². The average Bonchev–Trinajstić information content (AvgIpc) is 2.62. The van der Waals surface area contributed by atoms with Crippen molar-refractivity contribution in [1.29, 1.82) is 0 Å². The first-order valence-corrected chi connectivity index (χ1v) is 7.02. The van der Waals surface area contributed by atoms with E-state index in [-0.39, 0.29) is 6.61 Å². The molecule has 0 spiro atoms. The number of aromatic nitrogens is 1. The second-order valence-electron chi connectivity index (χ2n) is 4.90. The molecule has 6 nitrogen and oxygen atoms in total. The Morgan fingerprint density at radius 1 is 1.26 bits per heavy atom. The maximum Gasteiger partial charge on any atom is 0.101 e. The SMILES string of the molecule is CO[C@H](c1ccc(-c2ccc(CO)nc2)cc1)[C@@H](CF)N=[N+]=[N-]. The van der Waals surface area contributed by atoms with Gasteiger partial charge in [-0.05, 0) is 22.7 Å². The molecule has 0 aliphatic heterocycles. The van der Waals surface area contributed by atoms with Gasteiger partial charge in [0.25, 0.3) is 0 Å². The zero-order valence-corrected chi connectivity index (χ0v) is 12.6. The fourth-order valence-corrected chi connectivity index (χ4v) is 2.31. The van der Waals surface area contributed by atoms with E-state index >= 15 is 0 Å². The van der Waals surface area contributed by atoms with E-state index in [4.69, 9.17) is 15.4 Å². The number of ether oxygens (including phenoxy) is 1. The number of methoxy groups -OCH3 is 1. The van der Waals surface area contributed by atoms with Crippen molar-refractivity contribution < 1.29 is 14.2 Å². The van der Waals surface area contributed by atoms with E-state index in [0.717, 1.165) is 16.7 Å². The minimum atomic E-state index is -0.902. The number of aliphatic hydroxyl groups excluding tert-OH is 1. The number of hydrogen-bond donors (Lipinski definition) is 1. The molecule has 0 saturated heterocycles. The minimum Gasteiger partial charge on any atom is -0.390 e. The minimum absolute atomic E-state index is 0.0984. The van der Waals surface area contributed by atoms with Crippen molar-refractivity contribution in [1.82, 2.24) is 4.98 Å². The summed E-state index contributed by atoms with van der Waals surface area (Å²) in [6.07, 6.45) is 1.04. The number of halogens is 1. The van der Waals surface area contributed by atoms with Gasteiger partial charge in [-0.3, -0.25) is 9.37 Å². The monoisotopic (exact) mass is 316 g/mol. The fourth-order valence-electron chi connectivity index (χ4n) is 2.31. The molecule has 0 fully saturated rings. The van der Waals surface area contributed by atoms with Crippen molar-refractivity contribution in [3.63, 3.8) is 0 Å². The molecule has 1 N–H and O–H groups in total. The van der Waals surface area contributed by atoms with Crippen molar-refractivity contribution in [2.24, 2.45) is 5.11 Å². The Morgan fingerprint density at radius 2 is 1.96 bits per heavy atom. The van der Waals surface area contributed by atoms with E-state index < -0.39 is 18.8 Å². The first-order chi connectivity index (χ1) is 11.2. The number of azide groups is 1. The maximum absolute atomic E-state index is 13.0. The molecule has 0 amide bonds. The number of hydrogen-bond acceptors (Lipinski definition) is 4. The quantitative estimate of drug-likeness (QED) is 0.481. The highest BCUT2D eigenvalue weighted by atomic mass is 19.1. The normalized spacial score (nSPS) is 13.2. The smallest absolute Gasteiger partial charge is 0.101 e. The topological polar surface area (TPSA) is 91.1 Å². The van der Waals surface area contributed by atoms with Crippen LogP contribution < -0.4 is 0 Å². The van der Waals surface area contributed by atoms with Crippen LogP contribution >= 0.6 is 0 Å². The van der Waals surface area contributed by atoms with Crippen LogP contribution in [0.4, 0.5) is 4.39 Å². The summed E-state index contributed by atoms with van der Waals surface area (Å²) in [6.45, 7) is -0.893. The highest BCUT2D eigenvalue weighted by Crippen LogP contribution is 2.27. The summed E-state index contributed by atoms with van der Waals surface area (Å²) in [5, 5.41) is 12.4. The Morgan fingerprint density at radius 3 is 2.43 bits per heavy atom. The second-order valence-corrected chi connectivity index (χ2v) is 4.90. The molecular weight excluding hydrogens is 299 g/mol. The number of rotatable bonds is 7. The van der Waals surface area contributed by atoms with E-state index in [2.05, 4.69) is 15.0 Å². The molecule has 1 aromatic carbocycles. The molecule has 7 heteroatoms. The molecule has 2 aromatic rings. The first-order valence-electron chi connectivity index (χ1n) is 7.02. The molecule has 1 aromatic heterocycles. The number of benzene rings is 1. The van der Waals surface area contributed by atoms with Gasteiger partial charge < -0.3 is 9.84 Å². The largest absolute Gasteiger partial charge is 0.390 e. The van der Waals surface area contributed by atoms with Crippen LogP contribution in [-0.4, -0.2) is 29.9 Å². The summed E-state index contributed by atoms with van der Waals surface area (Å²) in [4.78, 5) is 6.79. The van der Waals surface area contributed by atoms with Crippen LogP contribution in [0.1, 0.15) is 17.4 Å². The molecule has 0 unspecified atom stereocenters. The number of pyridine rings is 1. The molecule has 1 heterocycles. The summed E-state index contributed by atoms with van der Waals surface area (Å²) in [6, 6.07) is 10.1. The van der Waals surface area contributed by atoms with E-state index in [1.54, 1.807) is 24.4 Å². The van der Waals surface area contributed by atoms with Gasteiger partial charge in [0.05, 0.1) is 24.4 Å². The average molecular weight is 316 g/mol. The Kier molecular flexibility index (Phi) is 6.05. The highest BCUT2D eigenvalue weighted by Gasteiger charge is 2.22. The number of aliphatic hydroxyl groups is 1. The van der Waals surface area contributed by atoms with E-state index in [9.17, 15) is 4.39 Å². The summed E-state index contributed by atoms with van der Waals surface area (Å²) in [5.74, 6) is 0. The Hall–Kier alpha value is -2.47. The number of alkyl halides is 1. The van der Waals surface area contributed by atoms with Gasteiger partial charge in [0.2, 0.25) is 0 Å². The van der Waals surface area contributed by atoms with Gasteiger partial charge in [-0.1, -0.05) is 35.4 Å². The van der Waals surface area contributed by atoms with Crippen LogP contribution in [0.15, 0.2) is 47.7 Å². The van der Waals surface area contributed by atoms with Crippen LogP contribution in [0.2, 0.25) is 0 Å². The lowest BCUT2D eigenvalue weighted by atomic mass is 9.99. The zero-order valence-electron chi connectivity index (χ0n) is 12.6. The third-order valence-electron chi connectivity index (χ3n) is 3.52. The Labute approximate surface area is 133 Å². The zero-order chi connectivity index (χ0) is 16.7. The van der Waals surface area contributed by atoms with Gasteiger partial charge in [0, 0.05) is 23.8 Å². The third kappa shape index (κ3) is 4.04. The standard InChI is InChI=1S/C16H17FN4O2/c1-23-16(15(8-17)20-21-18)12-4-2-11(3-5-12)13-6-7-14(10-22)19-9-13/h2-7,9,15-16,22H,8,10H2,1H3/t15-,16-/m1/s1. The third-order valence-corrected chi connectivity index (χ3v) is 3.52. The molecular formula is C16H17FN4O2. The van der Waals surface area contributed by atoms with Crippen LogP contribution in [-0.2, 0) is 11.3 Å². The van der Waals surface area contributed by atoms with Crippen LogP contribution in [0.5, 0.6) is 0 Å². The summed E-state index contributed by atoms with van der Waals surface area (Å²) in [5.41, 5.74) is 11.7. The van der Waals surface area contributed by atoms with Gasteiger partial charge in [-0.15, -0.1) is 0 Å². The molecule has 120 valence electrons. The van der Waals surface area contributed by atoms with Crippen molar-refractivity contribution >= 4 is 0 Å². The van der Waals surface area contributed by atoms with Gasteiger partial charge in [0.1, 0.15) is 6.67 Å². The van der Waals surface area contributed by atoms with Crippen molar-refractivity contribution in [3.8, 4) is 11.1 Å². The molecule has 0 aliphatic rings. The molecule has 0 aliphatic carbocycles. The van der Waals surface area contributed by atoms with Crippen molar-refractivity contribution in [3.05, 3.63) is 64.3 Å². The predicted octanol–water partition coefficient (Wildman–Crippen LogP) is 3.58. The Bertz CT molecular complexity index is 669. The van der Waals surface area contributed by atoms with Gasteiger partial charge >= 0.3 is 0 Å². The molecule has 0 radical (unpaired) electrons.